The Labute approximate surface area is 161 Å². The predicted octanol–water partition coefficient (Wildman–Crippen LogP) is 2.79. The molecule has 2 aromatic carbocycles. The molecule has 0 saturated carbocycles. The average molecular weight is 367 g/mol. The number of carbonyl (C=O) groups excluding carboxylic acids is 1. The largest absolute Gasteiger partial charge is 0.394 e. The lowest BCUT2D eigenvalue weighted by Gasteiger charge is -2.37. The lowest BCUT2D eigenvalue weighted by Crippen LogP contribution is -2.54. The van der Waals surface area contributed by atoms with Crippen molar-refractivity contribution in [1.29, 1.82) is 0 Å². The molecule has 0 bridgehead atoms. The summed E-state index contributed by atoms with van der Waals surface area (Å²) in [5, 5.41) is 16.1. The fourth-order valence-electron chi connectivity index (χ4n) is 3.76. The van der Waals surface area contributed by atoms with Gasteiger partial charge in [-0.3, -0.25) is 4.79 Å². The van der Waals surface area contributed by atoms with Gasteiger partial charge in [-0.25, -0.2) is 0 Å². The van der Waals surface area contributed by atoms with E-state index >= 15 is 0 Å². The SMILES string of the molecule is CC(C)[C@H]1C(=O)NC(CO)Cc2ccc(NCc3ccccc3)cc2N1C. The van der Waals surface area contributed by atoms with Gasteiger partial charge in [0.2, 0.25) is 5.91 Å². The highest BCUT2D eigenvalue weighted by Gasteiger charge is 2.32. The summed E-state index contributed by atoms with van der Waals surface area (Å²) in [4.78, 5) is 14.8. The molecule has 1 amide bonds. The highest BCUT2D eigenvalue weighted by atomic mass is 16.3. The summed E-state index contributed by atoms with van der Waals surface area (Å²) < 4.78 is 0. The van der Waals surface area contributed by atoms with E-state index in [1.807, 2.05) is 39.1 Å². The summed E-state index contributed by atoms with van der Waals surface area (Å²) in [5.41, 5.74) is 4.42. The molecule has 3 rings (SSSR count). The number of nitrogens with zero attached hydrogens (tertiary/aromatic N) is 1. The Kier molecular flexibility index (Phi) is 6.01. The van der Waals surface area contributed by atoms with Crippen molar-refractivity contribution in [1.82, 2.24) is 5.32 Å². The lowest BCUT2D eigenvalue weighted by atomic mass is 9.95. The number of fused-ring (bicyclic) bond motifs is 1. The molecule has 1 heterocycles. The van der Waals surface area contributed by atoms with E-state index in [9.17, 15) is 9.90 Å². The number of carbonyl (C=O) groups is 1. The van der Waals surface area contributed by atoms with Gasteiger partial charge in [0.15, 0.2) is 0 Å². The van der Waals surface area contributed by atoms with Crippen LogP contribution in [0.1, 0.15) is 25.0 Å². The Morgan fingerprint density at radius 3 is 2.63 bits per heavy atom. The predicted molar refractivity (Wildman–Crippen MR) is 110 cm³/mol. The minimum absolute atomic E-state index is 0.0279. The average Bonchev–Trinajstić information content (AvgIpc) is 2.66. The summed E-state index contributed by atoms with van der Waals surface area (Å²) in [6.45, 7) is 4.78. The number of aliphatic hydroxyl groups is 1. The monoisotopic (exact) mass is 367 g/mol. The molecule has 1 aliphatic rings. The number of amides is 1. The van der Waals surface area contributed by atoms with Crippen molar-refractivity contribution < 1.29 is 9.90 Å². The van der Waals surface area contributed by atoms with Crippen molar-refractivity contribution in [3.05, 3.63) is 59.7 Å². The summed E-state index contributed by atoms with van der Waals surface area (Å²) in [5.74, 6) is 0.126. The van der Waals surface area contributed by atoms with Gasteiger partial charge >= 0.3 is 0 Å². The maximum absolute atomic E-state index is 12.7. The van der Waals surface area contributed by atoms with Crippen LogP contribution in [0, 0.1) is 5.92 Å². The Morgan fingerprint density at radius 2 is 1.96 bits per heavy atom. The molecule has 5 nitrogen and oxygen atoms in total. The van der Waals surface area contributed by atoms with Crippen LogP contribution in [0.5, 0.6) is 0 Å². The van der Waals surface area contributed by atoms with Crippen molar-refractivity contribution in [2.75, 3.05) is 23.9 Å². The summed E-state index contributed by atoms with van der Waals surface area (Å²) in [6, 6.07) is 16.0. The third kappa shape index (κ3) is 4.42. The minimum atomic E-state index is -0.275. The number of aliphatic hydroxyl groups excluding tert-OH is 1. The molecule has 2 aromatic rings. The molecule has 1 unspecified atom stereocenters. The van der Waals surface area contributed by atoms with Crippen LogP contribution in [-0.4, -0.2) is 36.8 Å². The first-order valence-corrected chi connectivity index (χ1v) is 9.54. The number of hydrogen-bond donors (Lipinski definition) is 3. The number of nitrogens with one attached hydrogen (secondary N) is 2. The van der Waals surface area contributed by atoms with E-state index in [0.717, 1.165) is 23.5 Å². The third-order valence-electron chi connectivity index (χ3n) is 5.16. The highest BCUT2D eigenvalue weighted by Crippen LogP contribution is 2.30. The van der Waals surface area contributed by atoms with Gasteiger partial charge < -0.3 is 20.6 Å². The lowest BCUT2D eigenvalue weighted by molar-refractivity contribution is -0.124. The number of rotatable bonds is 5. The molecule has 0 saturated heterocycles. The molecule has 0 fully saturated rings. The van der Waals surface area contributed by atoms with Crippen LogP contribution in [0.4, 0.5) is 11.4 Å². The number of anilines is 2. The van der Waals surface area contributed by atoms with Crippen molar-refractivity contribution in [2.45, 2.75) is 38.9 Å². The second-order valence-electron chi connectivity index (χ2n) is 7.57. The fourth-order valence-corrected chi connectivity index (χ4v) is 3.76. The Morgan fingerprint density at radius 1 is 1.22 bits per heavy atom. The Bertz CT molecular complexity index is 776. The van der Waals surface area contributed by atoms with Gasteiger partial charge in [-0.2, -0.15) is 0 Å². The molecule has 1 aliphatic heterocycles. The van der Waals surface area contributed by atoms with E-state index in [4.69, 9.17) is 0 Å². The summed E-state index contributed by atoms with van der Waals surface area (Å²) in [6.07, 6.45) is 0.617. The zero-order chi connectivity index (χ0) is 19.4. The fraction of sp³-hybridized carbons (Fsp3) is 0.409. The standard InChI is InChI=1S/C22H29N3O2/c1-15(2)21-22(27)24-19(14-26)11-17-9-10-18(12-20(17)25(21)3)23-13-16-7-5-4-6-8-16/h4-10,12,15,19,21,23,26H,11,13-14H2,1-3H3,(H,24,27)/t19?,21-/m0/s1. The first kappa shape index (κ1) is 19.2. The summed E-state index contributed by atoms with van der Waals surface area (Å²) in [7, 11) is 1.98. The van der Waals surface area contributed by atoms with E-state index in [1.54, 1.807) is 0 Å². The highest BCUT2D eigenvalue weighted by molar-refractivity contribution is 5.87. The Balaban J connectivity index is 1.89. The molecular formula is C22H29N3O2. The topological polar surface area (TPSA) is 64.6 Å². The molecule has 144 valence electrons. The van der Waals surface area contributed by atoms with Gasteiger partial charge in [-0.1, -0.05) is 50.2 Å². The zero-order valence-electron chi connectivity index (χ0n) is 16.3. The van der Waals surface area contributed by atoms with Crippen LogP contribution in [-0.2, 0) is 17.8 Å². The molecular weight excluding hydrogens is 338 g/mol. The van der Waals surface area contributed by atoms with Gasteiger partial charge in [-0.15, -0.1) is 0 Å². The van der Waals surface area contributed by atoms with Crippen LogP contribution >= 0.6 is 0 Å². The second-order valence-corrected chi connectivity index (χ2v) is 7.57. The minimum Gasteiger partial charge on any atom is -0.394 e. The molecule has 0 aliphatic carbocycles. The van der Waals surface area contributed by atoms with Crippen molar-refractivity contribution >= 4 is 17.3 Å². The first-order chi connectivity index (χ1) is 13.0. The van der Waals surface area contributed by atoms with E-state index < -0.39 is 0 Å². The molecule has 27 heavy (non-hydrogen) atoms. The normalized spacial score (nSPS) is 19.9. The molecule has 5 heteroatoms. The van der Waals surface area contributed by atoms with Gasteiger partial charge in [0, 0.05) is 25.0 Å². The molecule has 3 N–H and O–H groups in total. The molecule has 0 aromatic heterocycles. The van der Waals surface area contributed by atoms with Crippen LogP contribution in [0.3, 0.4) is 0 Å². The summed E-state index contributed by atoms with van der Waals surface area (Å²) >= 11 is 0. The molecule has 0 spiro atoms. The second kappa shape index (κ2) is 8.44. The van der Waals surface area contributed by atoms with Crippen LogP contribution in [0.2, 0.25) is 0 Å². The zero-order valence-corrected chi connectivity index (χ0v) is 16.3. The van der Waals surface area contributed by atoms with E-state index in [2.05, 4.69) is 45.9 Å². The maximum Gasteiger partial charge on any atom is 0.243 e. The maximum atomic E-state index is 12.7. The van der Waals surface area contributed by atoms with E-state index in [0.29, 0.717) is 6.42 Å². The van der Waals surface area contributed by atoms with Crippen molar-refractivity contribution in [3.8, 4) is 0 Å². The van der Waals surface area contributed by atoms with Gasteiger partial charge in [0.25, 0.3) is 0 Å². The smallest absolute Gasteiger partial charge is 0.243 e. The van der Waals surface area contributed by atoms with Gasteiger partial charge in [0.1, 0.15) is 6.04 Å². The molecule has 2 atom stereocenters. The number of benzene rings is 2. The first-order valence-electron chi connectivity index (χ1n) is 9.54. The molecule has 0 radical (unpaired) electrons. The van der Waals surface area contributed by atoms with Crippen molar-refractivity contribution in [3.63, 3.8) is 0 Å². The van der Waals surface area contributed by atoms with Crippen LogP contribution in [0.15, 0.2) is 48.5 Å². The Hall–Kier alpha value is -2.53. The van der Waals surface area contributed by atoms with E-state index in [1.165, 1.54) is 5.56 Å². The third-order valence-corrected chi connectivity index (χ3v) is 5.16. The van der Waals surface area contributed by atoms with Gasteiger partial charge in [-0.05, 0) is 35.6 Å². The van der Waals surface area contributed by atoms with Crippen molar-refractivity contribution in [2.24, 2.45) is 5.92 Å². The van der Waals surface area contributed by atoms with Gasteiger partial charge in [0.05, 0.1) is 12.6 Å². The quantitative estimate of drug-likeness (QED) is 0.760. The number of likely N-dealkylation sites (N-methyl/N-ethyl adjacent to an activating group) is 1. The van der Waals surface area contributed by atoms with Crippen LogP contribution in [0.25, 0.3) is 0 Å². The number of hydrogen-bond acceptors (Lipinski definition) is 4. The van der Waals surface area contributed by atoms with E-state index in [-0.39, 0.29) is 30.5 Å². The van der Waals surface area contributed by atoms with Crippen LogP contribution < -0.4 is 15.5 Å².